The second-order valence-electron chi connectivity index (χ2n) is 5.11. The van der Waals surface area contributed by atoms with E-state index in [1.807, 2.05) is 0 Å². The first kappa shape index (κ1) is 16.1. The Balaban J connectivity index is 3.13. The standard InChI is InChI=1S/C16H25F2N/c1-5-10-19-16(12(6-2)7-3)13-9-8-11(4)14(17)15(13)18/h8-9,12,16,19H,5-7,10H2,1-4H3. The molecular weight excluding hydrogens is 244 g/mol. The molecule has 1 atom stereocenters. The van der Waals surface area contributed by atoms with Gasteiger partial charge in [0.2, 0.25) is 0 Å². The van der Waals surface area contributed by atoms with Gasteiger partial charge in [-0.2, -0.15) is 0 Å². The summed E-state index contributed by atoms with van der Waals surface area (Å²) >= 11 is 0. The molecule has 0 aliphatic carbocycles. The van der Waals surface area contributed by atoms with Crippen LogP contribution in [0.2, 0.25) is 0 Å². The topological polar surface area (TPSA) is 12.0 Å². The first-order chi connectivity index (χ1) is 9.06. The molecule has 0 fully saturated rings. The number of nitrogens with one attached hydrogen (secondary N) is 1. The van der Waals surface area contributed by atoms with Crippen LogP contribution in [0.4, 0.5) is 8.78 Å². The van der Waals surface area contributed by atoms with E-state index in [1.54, 1.807) is 19.1 Å². The van der Waals surface area contributed by atoms with Crippen LogP contribution in [0.3, 0.4) is 0 Å². The fraction of sp³-hybridized carbons (Fsp3) is 0.625. The normalized spacial score (nSPS) is 13.0. The minimum absolute atomic E-state index is 0.106. The van der Waals surface area contributed by atoms with Crippen LogP contribution in [0.1, 0.15) is 57.2 Å². The lowest BCUT2D eigenvalue weighted by atomic mass is 9.88. The Morgan fingerprint density at radius 1 is 1.05 bits per heavy atom. The van der Waals surface area contributed by atoms with Gasteiger partial charge in [0, 0.05) is 11.6 Å². The zero-order valence-corrected chi connectivity index (χ0v) is 12.4. The van der Waals surface area contributed by atoms with E-state index in [-0.39, 0.29) is 6.04 Å². The Labute approximate surface area is 115 Å². The highest BCUT2D eigenvalue weighted by atomic mass is 19.2. The van der Waals surface area contributed by atoms with Gasteiger partial charge < -0.3 is 5.32 Å². The molecule has 1 rings (SSSR count). The van der Waals surface area contributed by atoms with Gasteiger partial charge in [0.25, 0.3) is 0 Å². The average Bonchev–Trinajstić information content (AvgIpc) is 2.42. The zero-order valence-electron chi connectivity index (χ0n) is 12.4. The first-order valence-corrected chi connectivity index (χ1v) is 7.24. The maximum absolute atomic E-state index is 14.2. The molecule has 0 aliphatic heterocycles. The van der Waals surface area contributed by atoms with E-state index in [1.165, 1.54) is 0 Å². The van der Waals surface area contributed by atoms with Crippen molar-refractivity contribution in [3.05, 3.63) is 34.9 Å². The summed E-state index contributed by atoms with van der Waals surface area (Å²) in [6, 6.07) is 3.28. The van der Waals surface area contributed by atoms with E-state index >= 15 is 0 Å². The van der Waals surface area contributed by atoms with Gasteiger partial charge in [-0.3, -0.25) is 0 Å². The Morgan fingerprint density at radius 2 is 1.68 bits per heavy atom. The number of halogens is 2. The van der Waals surface area contributed by atoms with Crippen LogP contribution in [0.5, 0.6) is 0 Å². The molecule has 1 aromatic carbocycles. The third-order valence-corrected chi connectivity index (χ3v) is 3.77. The fourth-order valence-corrected chi connectivity index (χ4v) is 2.49. The third kappa shape index (κ3) is 3.75. The highest BCUT2D eigenvalue weighted by molar-refractivity contribution is 5.28. The van der Waals surface area contributed by atoms with Crippen molar-refractivity contribution in [2.24, 2.45) is 5.92 Å². The molecule has 1 aromatic rings. The van der Waals surface area contributed by atoms with Gasteiger partial charge in [-0.05, 0) is 31.4 Å². The molecule has 0 saturated carbocycles. The van der Waals surface area contributed by atoms with Gasteiger partial charge in [-0.25, -0.2) is 8.78 Å². The summed E-state index contributed by atoms with van der Waals surface area (Å²) in [5.41, 5.74) is 0.824. The lowest BCUT2D eigenvalue weighted by Crippen LogP contribution is -2.29. The monoisotopic (exact) mass is 269 g/mol. The van der Waals surface area contributed by atoms with Gasteiger partial charge in [0.15, 0.2) is 11.6 Å². The number of hydrogen-bond donors (Lipinski definition) is 1. The second kappa shape index (κ2) is 7.59. The fourth-order valence-electron chi connectivity index (χ4n) is 2.49. The number of rotatable bonds is 7. The molecule has 0 aliphatic rings. The third-order valence-electron chi connectivity index (χ3n) is 3.77. The molecule has 0 aromatic heterocycles. The molecule has 0 heterocycles. The number of benzene rings is 1. The van der Waals surface area contributed by atoms with Crippen LogP contribution in [0.15, 0.2) is 12.1 Å². The lowest BCUT2D eigenvalue weighted by molar-refractivity contribution is 0.328. The van der Waals surface area contributed by atoms with E-state index < -0.39 is 11.6 Å². The predicted molar refractivity (Wildman–Crippen MR) is 76.2 cm³/mol. The van der Waals surface area contributed by atoms with Crippen molar-refractivity contribution in [1.82, 2.24) is 5.32 Å². The van der Waals surface area contributed by atoms with Crippen LogP contribution in [0.25, 0.3) is 0 Å². The molecular formula is C16H25F2N. The van der Waals surface area contributed by atoms with E-state index in [0.29, 0.717) is 17.0 Å². The average molecular weight is 269 g/mol. The molecule has 0 bridgehead atoms. The molecule has 0 spiro atoms. The van der Waals surface area contributed by atoms with Gasteiger partial charge in [-0.15, -0.1) is 0 Å². The largest absolute Gasteiger partial charge is 0.310 e. The first-order valence-electron chi connectivity index (χ1n) is 7.24. The molecule has 0 radical (unpaired) electrons. The highest BCUT2D eigenvalue weighted by Gasteiger charge is 2.24. The van der Waals surface area contributed by atoms with Crippen LogP contribution >= 0.6 is 0 Å². The Kier molecular flexibility index (Phi) is 6.43. The van der Waals surface area contributed by atoms with Crippen molar-refractivity contribution in [2.45, 2.75) is 53.0 Å². The summed E-state index contributed by atoms with van der Waals surface area (Å²) in [5.74, 6) is -1.09. The number of aryl methyl sites for hydroxylation is 1. The van der Waals surface area contributed by atoms with Crippen LogP contribution < -0.4 is 5.32 Å². The maximum Gasteiger partial charge on any atom is 0.163 e. The smallest absolute Gasteiger partial charge is 0.163 e. The summed E-state index contributed by atoms with van der Waals surface area (Å²) in [5, 5.41) is 3.37. The van der Waals surface area contributed by atoms with E-state index in [0.717, 1.165) is 25.8 Å². The maximum atomic E-state index is 14.2. The van der Waals surface area contributed by atoms with Crippen molar-refractivity contribution in [2.75, 3.05) is 6.54 Å². The zero-order chi connectivity index (χ0) is 14.4. The van der Waals surface area contributed by atoms with Crippen LogP contribution in [-0.2, 0) is 0 Å². The summed E-state index contributed by atoms with van der Waals surface area (Å²) < 4.78 is 27.9. The van der Waals surface area contributed by atoms with Crippen molar-refractivity contribution in [3.8, 4) is 0 Å². The SMILES string of the molecule is CCCNC(c1ccc(C)c(F)c1F)C(CC)CC. The quantitative estimate of drug-likeness (QED) is 0.753. The number of hydrogen-bond acceptors (Lipinski definition) is 1. The van der Waals surface area contributed by atoms with Crippen molar-refractivity contribution < 1.29 is 8.78 Å². The molecule has 108 valence electrons. The van der Waals surface area contributed by atoms with Gasteiger partial charge in [0.1, 0.15) is 0 Å². The van der Waals surface area contributed by atoms with E-state index in [2.05, 4.69) is 26.1 Å². The van der Waals surface area contributed by atoms with Gasteiger partial charge in [0.05, 0.1) is 0 Å². The lowest BCUT2D eigenvalue weighted by Gasteiger charge is -2.27. The van der Waals surface area contributed by atoms with Crippen LogP contribution in [-0.4, -0.2) is 6.54 Å². The molecule has 3 heteroatoms. The van der Waals surface area contributed by atoms with E-state index in [9.17, 15) is 8.78 Å². The van der Waals surface area contributed by atoms with Gasteiger partial charge in [-0.1, -0.05) is 45.7 Å². The summed E-state index contributed by atoms with van der Waals surface area (Å²) in [6.45, 7) is 8.67. The Hall–Kier alpha value is -0.960. The summed E-state index contributed by atoms with van der Waals surface area (Å²) in [7, 11) is 0. The molecule has 0 amide bonds. The second-order valence-corrected chi connectivity index (χ2v) is 5.11. The van der Waals surface area contributed by atoms with Gasteiger partial charge >= 0.3 is 0 Å². The molecule has 1 unspecified atom stereocenters. The summed E-state index contributed by atoms with van der Waals surface area (Å²) in [4.78, 5) is 0. The highest BCUT2D eigenvalue weighted by Crippen LogP contribution is 2.30. The van der Waals surface area contributed by atoms with E-state index in [4.69, 9.17) is 0 Å². The molecule has 19 heavy (non-hydrogen) atoms. The van der Waals surface area contributed by atoms with Crippen LogP contribution in [0, 0.1) is 24.5 Å². The van der Waals surface area contributed by atoms with Crippen molar-refractivity contribution in [3.63, 3.8) is 0 Å². The Morgan fingerprint density at radius 3 is 2.21 bits per heavy atom. The van der Waals surface area contributed by atoms with Crippen molar-refractivity contribution in [1.29, 1.82) is 0 Å². The Bertz CT molecular complexity index is 400. The predicted octanol–water partition coefficient (Wildman–Crippen LogP) is 4.75. The molecule has 0 saturated heterocycles. The minimum Gasteiger partial charge on any atom is -0.310 e. The van der Waals surface area contributed by atoms with Crippen molar-refractivity contribution >= 4 is 0 Å². The molecule has 1 nitrogen and oxygen atoms in total. The minimum atomic E-state index is -0.716. The summed E-state index contributed by atoms with van der Waals surface area (Å²) in [6.07, 6.45) is 2.88. The molecule has 1 N–H and O–H groups in total.